The molecule has 0 atom stereocenters. The number of hydrogen-bond donors (Lipinski definition) is 3. The van der Waals surface area contributed by atoms with E-state index < -0.39 is 5.97 Å². The van der Waals surface area contributed by atoms with Crippen LogP contribution in [0.3, 0.4) is 0 Å². The summed E-state index contributed by atoms with van der Waals surface area (Å²) >= 11 is 0. The van der Waals surface area contributed by atoms with E-state index in [1.165, 1.54) is 28.0 Å². The highest BCUT2D eigenvalue weighted by atomic mass is 16.5. The number of anilines is 1. The fourth-order valence-corrected chi connectivity index (χ4v) is 3.58. The average Bonchev–Trinajstić information content (AvgIpc) is 3.06. The summed E-state index contributed by atoms with van der Waals surface area (Å²) in [5, 5.41) is 21.6. The Morgan fingerprint density at radius 2 is 1.69 bits per heavy atom. The van der Waals surface area contributed by atoms with Crippen molar-refractivity contribution >= 4 is 39.7 Å². The lowest BCUT2D eigenvalue weighted by atomic mass is 10.2. The molecule has 0 aliphatic rings. The topological polar surface area (TPSA) is 87.3 Å². The van der Waals surface area contributed by atoms with Gasteiger partial charge < -0.3 is 25.1 Å². The van der Waals surface area contributed by atoms with Gasteiger partial charge in [0.1, 0.15) is 18.9 Å². The number of carboxylic acid groups (broad SMARTS) is 1. The molecule has 1 aromatic heterocycles. The third-order valence-corrected chi connectivity index (χ3v) is 4.87. The van der Waals surface area contributed by atoms with Crippen molar-refractivity contribution in [3.8, 4) is 5.75 Å². The Morgan fingerprint density at radius 3 is 2.31 bits per heavy atom. The molecule has 0 saturated carbocycles. The molecule has 6 nitrogen and oxygen atoms in total. The van der Waals surface area contributed by atoms with Gasteiger partial charge >= 0.3 is 5.97 Å². The Bertz CT molecular complexity index is 1140. The maximum Gasteiger partial charge on any atom is 0.322 e. The number of para-hydroxylation sites is 2. The van der Waals surface area contributed by atoms with Gasteiger partial charge in [-0.05, 0) is 30.3 Å². The van der Waals surface area contributed by atoms with Crippen molar-refractivity contribution < 1.29 is 14.6 Å². The Hall–Kier alpha value is -3.80. The molecule has 4 aromatic rings. The fourth-order valence-electron chi connectivity index (χ4n) is 3.58. The van der Waals surface area contributed by atoms with Crippen LogP contribution in [0.4, 0.5) is 5.69 Å². The zero-order valence-corrected chi connectivity index (χ0v) is 15.8. The first kappa shape index (κ1) is 18.6. The molecule has 4 rings (SSSR count). The zero-order valence-electron chi connectivity index (χ0n) is 15.8. The maximum absolute atomic E-state index is 10.7. The van der Waals surface area contributed by atoms with Gasteiger partial charge in [0.15, 0.2) is 0 Å². The summed E-state index contributed by atoms with van der Waals surface area (Å²) in [4.78, 5) is 10.7. The van der Waals surface area contributed by atoms with E-state index in [0.29, 0.717) is 30.2 Å². The van der Waals surface area contributed by atoms with Crippen molar-refractivity contribution in [2.24, 2.45) is 0 Å². The van der Waals surface area contributed by atoms with E-state index in [-0.39, 0.29) is 6.54 Å². The van der Waals surface area contributed by atoms with Gasteiger partial charge in [-0.3, -0.25) is 4.79 Å². The van der Waals surface area contributed by atoms with Gasteiger partial charge in [0.25, 0.3) is 0 Å². The minimum Gasteiger partial charge on any atom is -0.492 e. The van der Waals surface area contributed by atoms with Crippen LogP contribution in [0.1, 0.15) is 5.56 Å². The fraction of sp³-hybridized carbons (Fsp3) is 0.130. The molecular formula is C23H21N3O3. The largest absolute Gasteiger partial charge is 0.492 e. The van der Waals surface area contributed by atoms with Gasteiger partial charge in [-0.15, -0.1) is 0 Å². The molecule has 0 aliphatic carbocycles. The number of nitrogens with zero attached hydrogens (tertiary/aromatic N) is 1. The van der Waals surface area contributed by atoms with E-state index in [1.807, 2.05) is 12.1 Å². The normalized spacial score (nSPS) is 10.9. The molecule has 0 saturated heterocycles. The smallest absolute Gasteiger partial charge is 0.322 e. The first-order chi connectivity index (χ1) is 14.2. The van der Waals surface area contributed by atoms with E-state index >= 15 is 0 Å². The van der Waals surface area contributed by atoms with E-state index in [4.69, 9.17) is 15.3 Å². The van der Waals surface area contributed by atoms with E-state index in [2.05, 4.69) is 46.3 Å². The molecule has 1 heterocycles. The summed E-state index contributed by atoms with van der Waals surface area (Å²) in [5.74, 6) is -0.308. The lowest BCUT2D eigenvalue weighted by Crippen LogP contribution is -2.13. The maximum atomic E-state index is 10.7. The predicted octanol–water partition coefficient (Wildman–Crippen LogP) is 4.37. The number of aromatic nitrogens is 1. The number of carbonyl (C=O) groups is 1. The second-order valence-corrected chi connectivity index (χ2v) is 6.68. The minimum absolute atomic E-state index is 0.200. The third-order valence-electron chi connectivity index (χ3n) is 4.87. The molecule has 0 unspecified atom stereocenters. The minimum atomic E-state index is -0.951. The van der Waals surface area contributed by atoms with Gasteiger partial charge in [0, 0.05) is 39.3 Å². The highest BCUT2D eigenvalue weighted by Crippen LogP contribution is 2.28. The SMILES string of the molecule is N=Cc1cc(OCCn2c3ccccc3c3ccccc32)ccc1NCC(=O)O. The Morgan fingerprint density at radius 1 is 1.03 bits per heavy atom. The summed E-state index contributed by atoms with van der Waals surface area (Å²) in [5.41, 5.74) is 3.52. The van der Waals surface area contributed by atoms with Gasteiger partial charge in [-0.1, -0.05) is 36.4 Å². The number of nitrogens with one attached hydrogen (secondary N) is 2. The molecule has 146 valence electrons. The van der Waals surface area contributed by atoms with Gasteiger partial charge in [-0.25, -0.2) is 0 Å². The number of hydrogen-bond acceptors (Lipinski definition) is 4. The molecule has 0 amide bonds. The molecular weight excluding hydrogens is 366 g/mol. The number of rotatable bonds is 8. The van der Waals surface area contributed by atoms with Crippen molar-refractivity contribution in [2.45, 2.75) is 6.54 Å². The van der Waals surface area contributed by atoms with Crippen LogP contribution < -0.4 is 10.1 Å². The molecule has 3 aromatic carbocycles. The van der Waals surface area contributed by atoms with E-state index in [9.17, 15) is 4.79 Å². The second kappa shape index (κ2) is 8.06. The van der Waals surface area contributed by atoms with Crippen LogP contribution in [0.2, 0.25) is 0 Å². The molecule has 3 N–H and O–H groups in total. The van der Waals surface area contributed by atoms with Crippen LogP contribution in [0, 0.1) is 5.41 Å². The quantitative estimate of drug-likeness (QED) is 0.392. The summed E-state index contributed by atoms with van der Waals surface area (Å²) in [7, 11) is 0. The average molecular weight is 387 g/mol. The van der Waals surface area contributed by atoms with Crippen LogP contribution in [0.25, 0.3) is 21.8 Å². The summed E-state index contributed by atoms with van der Waals surface area (Å²) in [6.07, 6.45) is 1.18. The molecule has 0 aliphatic heterocycles. The number of carboxylic acids is 1. The lowest BCUT2D eigenvalue weighted by molar-refractivity contribution is -0.134. The molecule has 29 heavy (non-hydrogen) atoms. The Labute approximate surface area is 167 Å². The molecule has 0 fully saturated rings. The van der Waals surface area contributed by atoms with Crippen molar-refractivity contribution in [2.75, 3.05) is 18.5 Å². The van der Waals surface area contributed by atoms with Crippen LogP contribution in [-0.4, -0.2) is 35.0 Å². The van der Waals surface area contributed by atoms with Crippen molar-refractivity contribution in [3.05, 3.63) is 72.3 Å². The Balaban J connectivity index is 1.52. The van der Waals surface area contributed by atoms with Crippen molar-refractivity contribution in [3.63, 3.8) is 0 Å². The molecule has 0 radical (unpaired) electrons. The third kappa shape index (κ3) is 3.78. The van der Waals surface area contributed by atoms with E-state index in [0.717, 1.165) is 0 Å². The van der Waals surface area contributed by atoms with Crippen molar-refractivity contribution in [1.29, 1.82) is 5.41 Å². The second-order valence-electron chi connectivity index (χ2n) is 6.68. The first-order valence-corrected chi connectivity index (χ1v) is 9.36. The zero-order chi connectivity index (χ0) is 20.2. The monoisotopic (exact) mass is 387 g/mol. The van der Waals surface area contributed by atoms with Crippen LogP contribution in [-0.2, 0) is 11.3 Å². The standard InChI is InChI=1S/C23H21N3O3/c24-14-16-13-17(9-10-20(16)25-15-23(27)28)29-12-11-26-21-7-3-1-5-18(21)19-6-2-4-8-22(19)26/h1-10,13-14,24-25H,11-12,15H2,(H,27,28). The van der Waals surface area contributed by atoms with Gasteiger partial charge in [0.05, 0.1) is 6.54 Å². The van der Waals surface area contributed by atoms with Gasteiger partial charge in [0.2, 0.25) is 0 Å². The van der Waals surface area contributed by atoms with Gasteiger partial charge in [-0.2, -0.15) is 0 Å². The van der Waals surface area contributed by atoms with E-state index in [1.54, 1.807) is 18.2 Å². The first-order valence-electron chi connectivity index (χ1n) is 9.36. The van der Waals surface area contributed by atoms with Crippen molar-refractivity contribution in [1.82, 2.24) is 4.57 Å². The number of benzene rings is 3. The van der Waals surface area contributed by atoms with Crippen LogP contribution >= 0.6 is 0 Å². The molecule has 0 spiro atoms. The Kier molecular flexibility index (Phi) is 5.16. The summed E-state index contributed by atoms with van der Waals surface area (Å²) in [6, 6.07) is 21.9. The number of fused-ring (bicyclic) bond motifs is 3. The molecule has 6 heteroatoms. The lowest BCUT2D eigenvalue weighted by Gasteiger charge is -2.12. The summed E-state index contributed by atoms with van der Waals surface area (Å²) < 4.78 is 8.19. The van der Waals surface area contributed by atoms with Crippen LogP contribution in [0.15, 0.2) is 66.7 Å². The highest BCUT2D eigenvalue weighted by Gasteiger charge is 2.10. The predicted molar refractivity (Wildman–Crippen MR) is 115 cm³/mol. The molecule has 0 bridgehead atoms. The highest BCUT2D eigenvalue weighted by molar-refractivity contribution is 6.07. The van der Waals surface area contributed by atoms with Crippen LogP contribution in [0.5, 0.6) is 5.75 Å². The number of ether oxygens (including phenoxy) is 1. The number of aliphatic carboxylic acids is 1. The summed E-state index contributed by atoms with van der Waals surface area (Å²) in [6.45, 7) is 0.962.